The minimum atomic E-state index is -0.241. The van der Waals surface area contributed by atoms with E-state index in [1.54, 1.807) is 23.4 Å². The molecule has 3 aromatic heterocycles. The monoisotopic (exact) mass is 439 g/mol. The first kappa shape index (κ1) is 20.6. The van der Waals surface area contributed by atoms with Crippen LogP contribution in [0, 0.1) is 6.92 Å². The fourth-order valence-electron chi connectivity index (χ4n) is 4.06. The van der Waals surface area contributed by atoms with Crippen molar-refractivity contribution in [2.45, 2.75) is 33.2 Å². The van der Waals surface area contributed by atoms with E-state index in [4.69, 9.17) is 16.5 Å². The molecule has 33 heavy (non-hydrogen) atoms. The molecule has 0 atom stereocenters. The Hall–Kier alpha value is -4.27. The van der Waals surface area contributed by atoms with Gasteiger partial charge in [-0.1, -0.05) is 6.07 Å². The minimum absolute atomic E-state index is 0.241. The van der Waals surface area contributed by atoms with Gasteiger partial charge in [-0.25, -0.2) is 24.6 Å². The molecule has 2 aromatic carbocycles. The summed E-state index contributed by atoms with van der Waals surface area (Å²) >= 11 is 0. The highest BCUT2D eigenvalue weighted by molar-refractivity contribution is 5.87. The van der Waals surface area contributed by atoms with Crippen molar-refractivity contribution in [3.05, 3.63) is 60.9 Å². The van der Waals surface area contributed by atoms with Gasteiger partial charge in [0, 0.05) is 34.7 Å². The average molecular weight is 440 g/mol. The van der Waals surface area contributed by atoms with Gasteiger partial charge in [0.25, 0.3) is 0 Å². The molecular formula is C24H25N9. The van der Waals surface area contributed by atoms with Crippen LogP contribution in [-0.2, 0) is 5.54 Å². The van der Waals surface area contributed by atoms with Crippen molar-refractivity contribution in [3.63, 3.8) is 0 Å². The number of rotatable bonds is 3. The fraction of sp³-hybridized carbons (Fsp3) is 0.208. The maximum absolute atomic E-state index is 6.22. The number of imidazole rings is 1. The molecule has 0 saturated heterocycles. The van der Waals surface area contributed by atoms with Gasteiger partial charge in [-0.2, -0.15) is 5.10 Å². The molecule has 0 aliphatic rings. The Morgan fingerprint density at radius 2 is 1.64 bits per heavy atom. The Balaban J connectivity index is 1.78. The summed E-state index contributed by atoms with van der Waals surface area (Å²) in [6.07, 6.45) is 4.98. The third-order valence-electron chi connectivity index (χ3n) is 5.54. The molecule has 0 fully saturated rings. The smallest absolute Gasteiger partial charge is 0.219 e. The minimum Gasteiger partial charge on any atom is -0.399 e. The van der Waals surface area contributed by atoms with Crippen LogP contribution in [0.1, 0.15) is 26.6 Å². The quantitative estimate of drug-likeness (QED) is 0.407. The number of fused-ring (bicyclic) bond motifs is 1. The summed E-state index contributed by atoms with van der Waals surface area (Å²) in [4.78, 5) is 17.6. The lowest BCUT2D eigenvalue weighted by atomic mass is 10.0. The van der Waals surface area contributed by atoms with Crippen LogP contribution < -0.4 is 11.5 Å². The predicted octanol–water partition coefficient (Wildman–Crippen LogP) is 3.97. The molecule has 5 aromatic rings. The third kappa shape index (κ3) is 3.57. The van der Waals surface area contributed by atoms with Crippen LogP contribution in [0.5, 0.6) is 0 Å². The van der Waals surface area contributed by atoms with Crippen LogP contribution in [0.15, 0.2) is 55.1 Å². The Kier molecular flexibility index (Phi) is 4.63. The van der Waals surface area contributed by atoms with Crippen LogP contribution in [-0.4, -0.2) is 34.3 Å². The molecule has 166 valence electrons. The number of nitrogens with zero attached hydrogens (tertiary/aromatic N) is 7. The first-order valence-corrected chi connectivity index (χ1v) is 10.6. The molecule has 5 rings (SSSR count). The van der Waals surface area contributed by atoms with E-state index in [0.717, 1.165) is 45.1 Å². The number of hydrogen-bond acceptors (Lipinski definition) is 7. The zero-order valence-corrected chi connectivity index (χ0v) is 19.0. The van der Waals surface area contributed by atoms with E-state index in [1.165, 1.54) is 0 Å². The number of hydrogen-bond donors (Lipinski definition) is 2. The normalized spacial score (nSPS) is 11.9. The molecule has 0 amide bonds. The third-order valence-corrected chi connectivity index (χ3v) is 5.54. The van der Waals surface area contributed by atoms with Crippen molar-refractivity contribution in [1.29, 1.82) is 0 Å². The first-order valence-electron chi connectivity index (χ1n) is 10.6. The molecule has 0 unspecified atom stereocenters. The molecule has 3 heterocycles. The number of anilines is 2. The lowest BCUT2D eigenvalue weighted by molar-refractivity contribution is 0.413. The standard InChI is InChI=1S/C24H25N9/c1-14-29-13-30-33(14)20-8-6-17(25)10-18(20)22-31-19-9-15(16-11-27-23(26)28-12-16)5-7-21(19)32(22)24(2,3)4/h5-13H,25H2,1-4H3,(H2,26,27,28). The average Bonchev–Trinajstić information content (AvgIpc) is 3.37. The van der Waals surface area contributed by atoms with Crippen LogP contribution >= 0.6 is 0 Å². The second-order valence-corrected chi connectivity index (χ2v) is 8.97. The molecule has 9 heteroatoms. The van der Waals surface area contributed by atoms with Crippen molar-refractivity contribution < 1.29 is 0 Å². The summed E-state index contributed by atoms with van der Waals surface area (Å²) < 4.78 is 4.04. The Morgan fingerprint density at radius 3 is 2.30 bits per heavy atom. The summed E-state index contributed by atoms with van der Waals surface area (Å²) in [7, 11) is 0. The highest BCUT2D eigenvalue weighted by Gasteiger charge is 2.25. The van der Waals surface area contributed by atoms with Gasteiger partial charge in [0.05, 0.1) is 16.7 Å². The number of aryl methyl sites for hydroxylation is 1. The van der Waals surface area contributed by atoms with Crippen molar-refractivity contribution in [1.82, 2.24) is 34.3 Å². The van der Waals surface area contributed by atoms with Crippen LogP contribution in [0.4, 0.5) is 11.6 Å². The zero-order chi connectivity index (χ0) is 23.3. The van der Waals surface area contributed by atoms with Crippen molar-refractivity contribution >= 4 is 22.7 Å². The molecule has 9 nitrogen and oxygen atoms in total. The molecule has 4 N–H and O–H groups in total. The van der Waals surface area contributed by atoms with E-state index in [-0.39, 0.29) is 11.5 Å². The Labute approximate surface area is 191 Å². The summed E-state index contributed by atoms with van der Waals surface area (Å²) in [6, 6.07) is 11.9. The molecule has 0 radical (unpaired) electrons. The lowest BCUT2D eigenvalue weighted by Gasteiger charge is -2.25. The van der Waals surface area contributed by atoms with Crippen LogP contribution in [0.3, 0.4) is 0 Å². The molecule has 0 spiro atoms. The van der Waals surface area contributed by atoms with Crippen molar-refractivity contribution in [3.8, 4) is 28.2 Å². The Morgan fingerprint density at radius 1 is 0.879 bits per heavy atom. The second kappa shape index (κ2) is 7.40. The summed E-state index contributed by atoms with van der Waals surface area (Å²) in [5.41, 5.74) is 17.7. The second-order valence-electron chi connectivity index (χ2n) is 8.97. The number of aromatic nitrogens is 7. The molecule has 0 aliphatic heterocycles. The van der Waals surface area contributed by atoms with E-state index in [0.29, 0.717) is 5.69 Å². The van der Waals surface area contributed by atoms with Gasteiger partial charge in [-0.15, -0.1) is 0 Å². The van der Waals surface area contributed by atoms with E-state index in [9.17, 15) is 0 Å². The lowest BCUT2D eigenvalue weighted by Crippen LogP contribution is -2.23. The van der Waals surface area contributed by atoms with Gasteiger partial charge in [0.2, 0.25) is 5.95 Å². The molecular weight excluding hydrogens is 414 g/mol. The maximum Gasteiger partial charge on any atom is 0.219 e. The van der Waals surface area contributed by atoms with Crippen LogP contribution in [0.25, 0.3) is 39.2 Å². The zero-order valence-electron chi connectivity index (χ0n) is 19.0. The molecule has 0 saturated carbocycles. The van der Waals surface area contributed by atoms with Gasteiger partial charge in [0.1, 0.15) is 18.0 Å². The predicted molar refractivity (Wildman–Crippen MR) is 130 cm³/mol. The number of benzene rings is 2. The van der Waals surface area contributed by atoms with E-state index in [2.05, 4.69) is 51.5 Å². The summed E-state index contributed by atoms with van der Waals surface area (Å²) in [6.45, 7) is 8.39. The van der Waals surface area contributed by atoms with E-state index in [1.807, 2.05) is 37.3 Å². The Bertz CT molecular complexity index is 1470. The van der Waals surface area contributed by atoms with Crippen LogP contribution in [0.2, 0.25) is 0 Å². The SMILES string of the molecule is Cc1ncnn1-c1ccc(N)cc1-c1nc2cc(-c3cnc(N)nc3)ccc2n1C(C)(C)C. The van der Waals surface area contributed by atoms with Gasteiger partial charge in [0.15, 0.2) is 0 Å². The maximum atomic E-state index is 6.22. The topological polar surface area (TPSA) is 126 Å². The number of nitrogen functional groups attached to an aromatic ring is 2. The molecule has 0 bridgehead atoms. The highest BCUT2D eigenvalue weighted by atomic mass is 15.3. The van der Waals surface area contributed by atoms with E-state index < -0.39 is 0 Å². The highest BCUT2D eigenvalue weighted by Crippen LogP contribution is 2.36. The largest absolute Gasteiger partial charge is 0.399 e. The number of nitrogens with two attached hydrogens (primary N) is 2. The van der Waals surface area contributed by atoms with Crippen molar-refractivity contribution in [2.24, 2.45) is 0 Å². The fourth-order valence-corrected chi connectivity index (χ4v) is 4.06. The molecule has 0 aliphatic carbocycles. The van der Waals surface area contributed by atoms with Gasteiger partial charge in [-0.3, -0.25) is 0 Å². The first-order chi connectivity index (χ1) is 15.7. The van der Waals surface area contributed by atoms with Gasteiger partial charge < -0.3 is 16.0 Å². The summed E-state index contributed by atoms with van der Waals surface area (Å²) in [5, 5.41) is 4.41. The summed E-state index contributed by atoms with van der Waals surface area (Å²) in [5.74, 6) is 1.84. The van der Waals surface area contributed by atoms with Gasteiger partial charge in [-0.05, 0) is 63.6 Å². The van der Waals surface area contributed by atoms with Gasteiger partial charge >= 0.3 is 0 Å². The van der Waals surface area contributed by atoms with E-state index >= 15 is 0 Å². The van der Waals surface area contributed by atoms with Crippen molar-refractivity contribution in [2.75, 3.05) is 11.5 Å².